The van der Waals surface area contributed by atoms with Gasteiger partial charge in [0, 0.05) is 26.7 Å². The Kier molecular flexibility index (Phi) is 5.27. The van der Waals surface area contributed by atoms with E-state index in [2.05, 4.69) is 5.32 Å². The Bertz CT molecular complexity index is 1230. The van der Waals surface area contributed by atoms with Gasteiger partial charge in [-0.2, -0.15) is 0 Å². The van der Waals surface area contributed by atoms with Crippen LogP contribution in [0.15, 0.2) is 66.7 Å². The summed E-state index contributed by atoms with van der Waals surface area (Å²) in [5, 5.41) is 5.05. The molecule has 0 bridgehead atoms. The van der Waals surface area contributed by atoms with Gasteiger partial charge < -0.3 is 5.32 Å². The molecule has 0 radical (unpaired) electrons. The third kappa shape index (κ3) is 3.84. The minimum Gasteiger partial charge on any atom is -0.322 e. The lowest BCUT2D eigenvalue weighted by atomic mass is 9.97. The Morgan fingerprint density at radius 2 is 1.59 bits per heavy atom. The monoisotopic (exact) mass is 420 g/mol. The van der Waals surface area contributed by atoms with Crippen LogP contribution in [0.4, 0.5) is 5.69 Å². The molecule has 0 unspecified atom stereocenters. The predicted molar refractivity (Wildman–Crippen MR) is 121 cm³/mol. The van der Waals surface area contributed by atoms with Crippen LogP contribution in [0.1, 0.15) is 21.5 Å². The smallest absolute Gasteiger partial charge is 0.256 e. The maximum atomic E-state index is 13.3. The number of benzene rings is 3. The van der Waals surface area contributed by atoms with E-state index in [-0.39, 0.29) is 5.91 Å². The molecule has 0 atom stereocenters. The Labute approximate surface area is 179 Å². The third-order valence-electron chi connectivity index (χ3n) is 4.93. The first-order chi connectivity index (χ1) is 13.9. The van der Waals surface area contributed by atoms with Crippen molar-refractivity contribution in [3.05, 3.63) is 93.5 Å². The molecule has 0 saturated carbocycles. The van der Waals surface area contributed by atoms with Crippen molar-refractivity contribution in [2.75, 3.05) is 5.32 Å². The Morgan fingerprint density at radius 1 is 0.897 bits per heavy atom. The fraction of sp³-hybridized carbons (Fsp3) is 0.0833. The van der Waals surface area contributed by atoms with Crippen molar-refractivity contribution in [1.82, 2.24) is 4.98 Å². The van der Waals surface area contributed by atoms with E-state index in [1.54, 1.807) is 12.1 Å². The number of hydrogen-bond donors (Lipinski definition) is 1. The van der Waals surface area contributed by atoms with Crippen LogP contribution in [0, 0.1) is 13.8 Å². The molecular formula is C24H18Cl2N2O. The number of para-hydroxylation sites is 1. The molecule has 0 spiro atoms. The lowest BCUT2D eigenvalue weighted by Gasteiger charge is -2.16. The topological polar surface area (TPSA) is 42.0 Å². The Balaban J connectivity index is 1.88. The zero-order chi connectivity index (χ0) is 20.5. The molecule has 5 heteroatoms. The lowest BCUT2D eigenvalue weighted by molar-refractivity contribution is 0.102. The molecule has 0 aliphatic heterocycles. The Morgan fingerprint density at radius 3 is 2.34 bits per heavy atom. The Hall–Kier alpha value is -2.88. The number of pyridine rings is 1. The SMILES string of the molecule is Cc1ccc(Cl)cc1NC(=O)c1c(C)c(-c2ccc(Cl)cc2)nc2ccccc12. The molecular weight excluding hydrogens is 403 g/mol. The maximum Gasteiger partial charge on any atom is 0.256 e. The summed E-state index contributed by atoms with van der Waals surface area (Å²) in [4.78, 5) is 18.2. The number of carbonyl (C=O) groups is 1. The first kappa shape index (κ1) is 19.4. The molecule has 1 amide bonds. The van der Waals surface area contributed by atoms with E-state index in [1.165, 1.54) is 0 Å². The van der Waals surface area contributed by atoms with E-state index in [1.807, 2.05) is 68.4 Å². The van der Waals surface area contributed by atoms with Crippen LogP contribution in [0.2, 0.25) is 10.0 Å². The highest BCUT2D eigenvalue weighted by Gasteiger charge is 2.19. The molecule has 4 rings (SSSR count). The largest absolute Gasteiger partial charge is 0.322 e. The third-order valence-corrected chi connectivity index (χ3v) is 5.42. The van der Waals surface area contributed by atoms with Gasteiger partial charge in [-0.15, -0.1) is 0 Å². The molecule has 0 aliphatic carbocycles. The summed E-state index contributed by atoms with van der Waals surface area (Å²) < 4.78 is 0. The van der Waals surface area contributed by atoms with Gasteiger partial charge in [-0.1, -0.05) is 59.6 Å². The van der Waals surface area contributed by atoms with E-state index < -0.39 is 0 Å². The molecule has 144 valence electrons. The van der Waals surface area contributed by atoms with Crippen molar-refractivity contribution in [3.63, 3.8) is 0 Å². The number of nitrogens with zero attached hydrogens (tertiary/aromatic N) is 1. The first-order valence-corrected chi connectivity index (χ1v) is 9.92. The lowest BCUT2D eigenvalue weighted by Crippen LogP contribution is -2.16. The zero-order valence-electron chi connectivity index (χ0n) is 16.0. The zero-order valence-corrected chi connectivity index (χ0v) is 17.5. The number of anilines is 1. The second-order valence-corrected chi connectivity index (χ2v) is 7.77. The van der Waals surface area contributed by atoms with E-state index in [0.717, 1.165) is 33.3 Å². The van der Waals surface area contributed by atoms with Crippen molar-refractivity contribution in [1.29, 1.82) is 0 Å². The molecule has 0 aliphatic rings. The summed E-state index contributed by atoms with van der Waals surface area (Å²) in [6.45, 7) is 3.85. The fourth-order valence-corrected chi connectivity index (χ4v) is 3.70. The predicted octanol–water partition coefficient (Wildman–Crippen LogP) is 7.08. The molecule has 3 nitrogen and oxygen atoms in total. The second kappa shape index (κ2) is 7.86. The number of rotatable bonds is 3. The van der Waals surface area contributed by atoms with Crippen LogP contribution in [-0.4, -0.2) is 10.9 Å². The summed E-state index contributed by atoms with van der Waals surface area (Å²) in [6, 6.07) is 20.6. The van der Waals surface area contributed by atoms with Gasteiger partial charge in [-0.05, 0) is 55.3 Å². The van der Waals surface area contributed by atoms with Crippen molar-refractivity contribution >= 4 is 45.7 Å². The van der Waals surface area contributed by atoms with E-state index in [4.69, 9.17) is 28.2 Å². The quantitative estimate of drug-likeness (QED) is 0.384. The van der Waals surface area contributed by atoms with Crippen LogP contribution in [0.3, 0.4) is 0 Å². The molecule has 4 aromatic rings. The summed E-state index contributed by atoms with van der Waals surface area (Å²) in [5.74, 6) is -0.193. The maximum absolute atomic E-state index is 13.3. The molecule has 1 aromatic heterocycles. The van der Waals surface area contributed by atoms with Crippen LogP contribution in [-0.2, 0) is 0 Å². The van der Waals surface area contributed by atoms with Crippen molar-refractivity contribution in [2.24, 2.45) is 0 Å². The standard InChI is InChI=1S/C24H18Cl2N2O/c1-14-7-10-18(26)13-21(14)28-24(29)22-15(2)23(16-8-11-17(25)12-9-16)27-20-6-4-3-5-19(20)22/h3-13H,1-2H3,(H,28,29). The number of halogens is 2. The average molecular weight is 421 g/mol. The number of aryl methyl sites for hydroxylation is 1. The average Bonchev–Trinajstić information content (AvgIpc) is 2.71. The molecule has 3 aromatic carbocycles. The highest BCUT2D eigenvalue weighted by Crippen LogP contribution is 2.31. The van der Waals surface area contributed by atoms with Gasteiger partial charge in [0.05, 0.1) is 16.8 Å². The molecule has 29 heavy (non-hydrogen) atoms. The van der Waals surface area contributed by atoms with Crippen molar-refractivity contribution in [2.45, 2.75) is 13.8 Å². The van der Waals surface area contributed by atoms with Gasteiger partial charge in [-0.3, -0.25) is 4.79 Å². The van der Waals surface area contributed by atoms with Crippen LogP contribution in [0.5, 0.6) is 0 Å². The van der Waals surface area contributed by atoms with Gasteiger partial charge in [0.2, 0.25) is 0 Å². The molecule has 0 fully saturated rings. The second-order valence-electron chi connectivity index (χ2n) is 6.90. The van der Waals surface area contributed by atoms with Gasteiger partial charge in [-0.25, -0.2) is 4.98 Å². The molecule has 0 saturated heterocycles. The molecule has 1 N–H and O–H groups in total. The number of hydrogen-bond acceptors (Lipinski definition) is 2. The van der Waals surface area contributed by atoms with E-state index >= 15 is 0 Å². The van der Waals surface area contributed by atoms with Crippen molar-refractivity contribution in [3.8, 4) is 11.3 Å². The van der Waals surface area contributed by atoms with Crippen LogP contribution >= 0.6 is 23.2 Å². The van der Waals surface area contributed by atoms with E-state index in [0.29, 0.717) is 21.3 Å². The van der Waals surface area contributed by atoms with Gasteiger partial charge in [0.15, 0.2) is 0 Å². The highest BCUT2D eigenvalue weighted by molar-refractivity contribution is 6.31. The van der Waals surface area contributed by atoms with Crippen LogP contribution in [0.25, 0.3) is 22.2 Å². The number of amides is 1. The normalized spacial score (nSPS) is 10.9. The fourth-order valence-electron chi connectivity index (χ4n) is 3.40. The van der Waals surface area contributed by atoms with Gasteiger partial charge >= 0.3 is 0 Å². The van der Waals surface area contributed by atoms with E-state index in [9.17, 15) is 4.79 Å². The summed E-state index contributed by atoms with van der Waals surface area (Å²) in [6.07, 6.45) is 0. The first-order valence-electron chi connectivity index (χ1n) is 9.17. The van der Waals surface area contributed by atoms with Gasteiger partial charge in [0.25, 0.3) is 5.91 Å². The number of carbonyl (C=O) groups excluding carboxylic acids is 1. The summed E-state index contributed by atoms with van der Waals surface area (Å²) in [5.41, 5.74) is 5.46. The van der Waals surface area contributed by atoms with Crippen molar-refractivity contribution < 1.29 is 4.79 Å². The minimum absolute atomic E-state index is 0.193. The number of aromatic nitrogens is 1. The molecule has 1 heterocycles. The van der Waals surface area contributed by atoms with Gasteiger partial charge in [0.1, 0.15) is 0 Å². The minimum atomic E-state index is -0.193. The highest BCUT2D eigenvalue weighted by atomic mass is 35.5. The number of fused-ring (bicyclic) bond motifs is 1. The summed E-state index contributed by atoms with van der Waals surface area (Å²) in [7, 11) is 0. The number of nitrogens with one attached hydrogen (secondary N) is 1. The summed E-state index contributed by atoms with van der Waals surface area (Å²) >= 11 is 12.2. The van der Waals surface area contributed by atoms with Crippen LogP contribution < -0.4 is 5.32 Å².